The predicted octanol–water partition coefficient (Wildman–Crippen LogP) is 1.60. The lowest BCUT2D eigenvalue weighted by molar-refractivity contribution is -0.121. The molecule has 1 amide bonds. The number of hydrogen-bond donors (Lipinski definition) is 1. The van der Waals surface area contributed by atoms with Gasteiger partial charge in [-0.15, -0.1) is 0 Å². The molecule has 20 heavy (non-hydrogen) atoms. The van der Waals surface area contributed by atoms with Crippen LogP contribution in [0, 0.1) is 0 Å². The van der Waals surface area contributed by atoms with Crippen molar-refractivity contribution in [2.45, 2.75) is 26.3 Å². The molecule has 0 saturated heterocycles. The minimum atomic E-state index is -0.222. The van der Waals surface area contributed by atoms with E-state index in [0.29, 0.717) is 0 Å². The molecule has 1 N–H and O–H groups in total. The first-order valence-corrected chi connectivity index (χ1v) is 6.53. The van der Waals surface area contributed by atoms with Crippen LogP contribution in [0.1, 0.15) is 25.3 Å². The van der Waals surface area contributed by atoms with Crippen LogP contribution in [0.2, 0.25) is 0 Å². The van der Waals surface area contributed by atoms with Crippen LogP contribution in [0.4, 0.5) is 0 Å². The Hall–Kier alpha value is -2.50. The van der Waals surface area contributed by atoms with E-state index >= 15 is 0 Å². The molecule has 6 nitrogen and oxygen atoms in total. The van der Waals surface area contributed by atoms with Gasteiger partial charge in [-0.1, -0.05) is 43.7 Å². The SMILES string of the molecule is CCC/C(=N/NC(=O)Cn1cncn1)c1ccccc1. The molecule has 2 aromatic rings. The van der Waals surface area contributed by atoms with Gasteiger partial charge in [0.1, 0.15) is 19.2 Å². The molecule has 1 aromatic carbocycles. The normalized spacial score (nSPS) is 11.3. The number of carbonyl (C=O) groups excluding carboxylic acids is 1. The van der Waals surface area contributed by atoms with Gasteiger partial charge in [-0.25, -0.2) is 15.1 Å². The molecule has 0 saturated carbocycles. The third-order valence-corrected chi connectivity index (χ3v) is 2.68. The van der Waals surface area contributed by atoms with Crippen LogP contribution >= 0.6 is 0 Å². The Morgan fingerprint density at radius 2 is 2.15 bits per heavy atom. The fourth-order valence-electron chi connectivity index (χ4n) is 1.76. The van der Waals surface area contributed by atoms with E-state index in [1.54, 1.807) is 0 Å². The molecule has 0 radical (unpaired) electrons. The molecule has 0 aliphatic heterocycles. The van der Waals surface area contributed by atoms with Crippen LogP contribution in [-0.2, 0) is 11.3 Å². The van der Waals surface area contributed by atoms with E-state index in [-0.39, 0.29) is 12.5 Å². The number of benzene rings is 1. The van der Waals surface area contributed by atoms with Crippen molar-refractivity contribution in [1.82, 2.24) is 20.2 Å². The molecular weight excluding hydrogens is 254 g/mol. The van der Waals surface area contributed by atoms with E-state index in [9.17, 15) is 4.79 Å². The highest BCUT2D eigenvalue weighted by Gasteiger charge is 2.05. The summed E-state index contributed by atoms with van der Waals surface area (Å²) in [5.41, 5.74) is 4.46. The number of amides is 1. The Balaban J connectivity index is 2.00. The molecule has 0 atom stereocenters. The summed E-state index contributed by atoms with van der Waals surface area (Å²) in [5, 5.41) is 8.09. The highest BCUT2D eigenvalue weighted by Crippen LogP contribution is 2.05. The lowest BCUT2D eigenvalue weighted by atomic mass is 10.1. The van der Waals surface area contributed by atoms with Crippen molar-refractivity contribution in [1.29, 1.82) is 0 Å². The van der Waals surface area contributed by atoms with Gasteiger partial charge in [0.15, 0.2) is 0 Å². The molecule has 0 aliphatic rings. The maximum atomic E-state index is 11.7. The van der Waals surface area contributed by atoms with Gasteiger partial charge in [0.25, 0.3) is 5.91 Å². The van der Waals surface area contributed by atoms with E-state index in [1.165, 1.54) is 17.3 Å². The van der Waals surface area contributed by atoms with Gasteiger partial charge in [-0.2, -0.15) is 10.2 Å². The van der Waals surface area contributed by atoms with Gasteiger partial charge in [-0.3, -0.25) is 4.79 Å². The summed E-state index contributed by atoms with van der Waals surface area (Å²) in [7, 11) is 0. The number of nitrogens with zero attached hydrogens (tertiary/aromatic N) is 4. The van der Waals surface area contributed by atoms with Crippen molar-refractivity contribution in [3.8, 4) is 0 Å². The second-order valence-electron chi connectivity index (χ2n) is 4.30. The van der Waals surface area contributed by atoms with Crippen LogP contribution in [0.3, 0.4) is 0 Å². The van der Waals surface area contributed by atoms with E-state index < -0.39 is 0 Å². The summed E-state index contributed by atoms with van der Waals surface area (Å²) in [4.78, 5) is 15.5. The van der Waals surface area contributed by atoms with Gasteiger partial charge < -0.3 is 0 Å². The number of carbonyl (C=O) groups is 1. The Labute approximate surface area is 117 Å². The van der Waals surface area contributed by atoms with Crippen molar-refractivity contribution >= 4 is 11.6 Å². The summed E-state index contributed by atoms with van der Waals surface area (Å²) >= 11 is 0. The molecule has 2 rings (SSSR count). The third kappa shape index (κ3) is 4.01. The number of rotatable bonds is 6. The Morgan fingerprint density at radius 3 is 2.80 bits per heavy atom. The standard InChI is InChI=1S/C14H17N5O/c1-2-6-13(12-7-4-3-5-8-12)17-18-14(20)9-19-11-15-10-16-19/h3-5,7-8,10-11H,2,6,9H2,1H3,(H,18,20)/b17-13-. The highest BCUT2D eigenvalue weighted by atomic mass is 16.2. The Kier molecular flexibility index (Phi) is 5.00. The van der Waals surface area contributed by atoms with Gasteiger partial charge >= 0.3 is 0 Å². The summed E-state index contributed by atoms with van der Waals surface area (Å²) < 4.78 is 1.45. The first kappa shape index (κ1) is 13.9. The molecule has 0 aliphatic carbocycles. The van der Waals surface area contributed by atoms with Gasteiger partial charge in [-0.05, 0) is 12.0 Å². The number of aromatic nitrogens is 3. The Morgan fingerprint density at radius 1 is 1.35 bits per heavy atom. The van der Waals surface area contributed by atoms with Gasteiger partial charge in [0.2, 0.25) is 0 Å². The lowest BCUT2D eigenvalue weighted by Gasteiger charge is -2.06. The minimum absolute atomic E-state index is 0.109. The first-order valence-electron chi connectivity index (χ1n) is 6.53. The van der Waals surface area contributed by atoms with Crippen molar-refractivity contribution in [3.05, 3.63) is 48.5 Å². The predicted molar refractivity (Wildman–Crippen MR) is 76.1 cm³/mol. The topological polar surface area (TPSA) is 72.2 Å². The average molecular weight is 271 g/mol. The molecule has 104 valence electrons. The second-order valence-corrected chi connectivity index (χ2v) is 4.30. The molecule has 6 heteroatoms. The zero-order chi connectivity index (χ0) is 14.2. The molecule has 0 bridgehead atoms. The quantitative estimate of drug-likeness (QED) is 0.640. The Bertz CT molecular complexity index is 563. The van der Waals surface area contributed by atoms with Crippen molar-refractivity contribution < 1.29 is 4.79 Å². The van der Waals surface area contributed by atoms with E-state index in [4.69, 9.17) is 0 Å². The minimum Gasteiger partial charge on any atom is -0.271 e. The fraction of sp³-hybridized carbons (Fsp3) is 0.286. The molecule has 0 spiro atoms. The molecule has 1 heterocycles. The van der Waals surface area contributed by atoms with E-state index in [2.05, 4.69) is 27.5 Å². The van der Waals surface area contributed by atoms with Gasteiger partial charge in [0.05, 0.1) is 5.71 Å². The number of hydrogen-bond acceptors (Lipinski definition) is 4. The molecule has 1 aromatic heterocycles. The van der Waals surface area contributed by atoms with Crippen molar-refractivity contribution in [2.75, 3.05) is 0 Å². The highest BCUT2D eigenvalue weighted by molar-refractivity contribution is 6.01. The van der Waals surface area contributed by atoms with E-state index in [1.807, 2.05) is 30.3 Å². The van der Waals surface area contributed by atoms with Gasteiger partial charge in [0, 0.05) is 0 Å². The molecular formula is C14H17N5O. The number of nitrogens with one attached hydrogen (secondary N) is 1. The first-order chi connectivity index (χ1) is 9.79. The monoisotopic (exact) mass is 271 g/mol. The maximum absolute atomic E-state index is 11.7. The van der Waals surface area contributed by atoms with Crippen LogP contribution < -0.4 is 5.43 Å². The largest absolute Gasteiger partial charge is 0.271 e. The zero-order valence-electron chi connectivity index (χ0n) is 11.4. The molecule has 0 fully saturated rings. The fourth-order valence-corrected chi connectivity index (χ4v) is 1.76. The van der Waals surface area contributed by atoms with Crippen LogP contribution in [0.5, 0.6) is 0 Å². The summed E-state index contributed by atoms with van der Waals surface area (Å²) in [6.45, 7) is 2.19. The smallest absolute Gasteiger partial charge is 0.261 e. The van der Waals surface area contributed by atoms with Crippen LogP contribution in [0.25, 0.3) is 0 Å². The van der Waals surface area contributed by atoms with E-state index in [0.717, 1.165) is 24.1 Å². The maximum Gasteiger partial charge on any atom is 0.261 e. The lowest BCUT2D eigenvalue weighted by Crippen LogP contribution is -2.25. The third-order valence-electron chi connectivity index (χ3n) is 2.68. The number of hydrazone groups is 1. The summed E-state index contributed by atoms with van der Waals surface area (Å²) in [5.74, 6) is -0.222. The van der Waals surface area contributed by atoms with Crippen LogP contribution in [-0.4, -0.2) is 26.4 Å². The van der Waals surface area contributed by atoms with Crippen LogP contribution in [0.15, 0.2) is 48.1 Å². The van der Waals surface area contributed by atoms with Crippen molar-refractivity contribution in [3.63, 3.8) is 0 Å². The summed E-state index contributed by atoms with van der Waals surface area (Å²) in [6, 6.07) is 9.84. The molecule has 0 unspecified atom stereocenters. The summed E-state index contributed by atoms with van der Waals surface area (Å²) in [6.07, 6.45) is 4.66. The average Bonchev–Trinajstić information content (AvgIpc) is 2.97. The zero-order valence-corrected chi connectivity index (χ0v) is 11.4. The van der Waals surface area contributed by atoms with Crippen molar-refractivity contribution in [2.24, 2.45) is 5.10 Å². The second kappa shape index (κ2) is 7.18.